The van der Waals surface area contributed by atoms with Crippen LogP contribution in [-0.4, -0.2) is 24.1 Å². The summed E-state index contributed by atoms with van der Waals surface area (Å²) in [6.45, 7) is 4.13. The second kappa shape index (κ2) is 8.13. The van der Waals surface area contributed by atoms with Gasteiger partial charge >= 0.3 is 0 Å². The van der Waals surface area contributed by atoms with Crippen LogP contribution in [0.25, 0.3) is 22.0 Å². The molecule has 0 aliphatic carbocycles. The van der Waals surface area contributed by atoms with Gasteiger partial charge < -0.3 is 0 Å². The second-order valence-electron chi connectivity index (χ2n) is 7.28. The van der Waals surface area contributed by atoms with E-state index in [0.717, 1.165) is 27.9 Å². The fourth-order valence-corrected chi connectivity index (χ4v) is 4.94. The van der Waals surface area contributed by atoms with Crippen LogP contribution in [-0.2, 0) is 5.75 Å². The Bertz CT molecular complexity index is 1430. The van der Waals surface area contributed by atoms with Crippen molar-refractivity contribution in [2.75, 3.05) is 0 Å². The van der Waals surface area contributed by atoms with Gasteiger partial charge in [-0.2, -0.15) is 0 Å². The Labute approximate surface area is 187 Å². The van der Waals surface area contributed by atoms with Crippen molar-refractivity contribution < 1.29 is 0 Å². The van der Waals surface area contributed by atoms with Crippen molar-refractivity contribution in [3.05, 3.63) is 93.3 Å². The highest BCUT2D eigenvalue weighted by Gasteiger charge is 2.17. The Kier molecular flexibility index (Phi) is 5.17. The van der Waals surface area contributed by atoms with Crippen molar-refractivity contribution in [1.82, 2.24) is 24.1 Å². The zero-order chi connectivity index (χ0) is 21.4. The minimum atomic E-state index is -0.0673. The van der Waals surface area contributed by atoms with Crippen LogP contribution in [0, 0.1) is 13.8 Å². The summed E-state index contributed by atoms with van der Waals surface area (Å²) in [4.78, 5) is 17.6. The Morgan fingerprint density at radius 2 is 1.84 bits per heavy atom. The number of thiazole rings is 1. The zero-order valence-electron chi connectivity index (χ0n) is 17.0. The predicted octanol–water partition coefficient (Wildman–Crippen LogP) is 4.91. The average molecular weight is 446 g/mol. The molecule has 5 aromatic rings. The molecular formula is C23H19N5OS2. The number of fused-ring (bicyclic) bond motifs is 1. The van der Waals surface area contributed by atoms with E-state index in [4.69, 9.17) is 0 Å². The minimum Gasteiger partial charge on any atom is -0.270 e. The SMILES string of the molecule is Cc1ccc(-n2c(SCc3cc(=O)n4ccsc4n3)nnc2-c2cccc(C)c2)cc1. The summed E-state index contributed by atoms with van der Waals surface area (Å²) in [6, 6.07) is 18.1. The van der Waals surface area contributed by atoms with Gasteiger partial charge in [-0.1, -0.05) is 53.2 Å². The Balaban J connectivity index is 1.54. The molecule has 0 aliphatic heterocycles. The van der Waals surface area contributed by atoms with E-state index in [9.17, 15) is 4.79 Å². The monoisotopic (exact) mass is 445 g/mol. The van der Waals surface area contributed by atoms with Crippen molar-refractivity contribution in [1.29, 1.82) is 0 Å². The number of aryl methyl sites for hydroxylation is 2. The third kappa shape index (κ3) is 3.92. The molecule has 5 rings (SSSR count). The third-order valence-electron chi connectivity index (χ3n) is 4.91. The van der Waals surface area contributed by atoms with E-state index in [1.54, 1.807) is 16.7 Å². The number of thioether (sulfide) groups is 1. The molecule has 0 amide bonds. The van der Waals surface area contributed by atoms with Gasteiger partial charge in [0.1, 0.15) is 0 Å². The van der Waals surface area contributed by atoms with Crippen LogP contribution in [0.4, 0.5) is 0 Å². The van der Waals surface area contributed by atoms with Gasteiger partial charge in [0.05, 0.1) is 5.69 Å². The van der Waals surface area contributed by atoms with Crippen molar-refractivity contribution >= 4 is 28.1 Å². The molecule has 2 aromatic carbocycles. The van der Waals surface area contributed by atoms with Crippen LogP contribution in [0.15, 0.2) is 76.1 Å². The maximum atomic E-state index is 12.3. The maximum Gasteiger partial charge on any atom is 0.258 e. The molecule has 3 heterocycles. The number of hydrogen-bond acceptors (Lipinski definition) is 6. The molecule has 6 nitrogen and oxygen atoms in total. The van der Waals surface area contributed by atoms with Gasteiger partial charge in [-0.05, 0) is 32.0 Å². The lowest BCUT2D eigenvalue weighted by Gasteiger charge is -2.11. The molecule has 0 atom stereocenters. The van der Waals surface area contributed by atoms with E-state index in [-0.39, 0.29) is 5.56 Å². The highest BCUT2D eigenvalue weighted by molar-refractivity contribution is 7.98. The van der Waals surface area contributed by atoms with E-state index in [1.807, 2.05) is 17.5 Å². The fourth-order valence-electron chi connectivity index (χ4n) is 3.36. The van der Waals surface area contributed by atoms with Gasteiger partial charge in [0.25, 0.3) is 5.56 Å². The quantitative estimate of drug-likeness (QED) is 0.360. The van der Waals surface area contributed by atoms with E-state index in [1.165, 1.54) is 34.2 Å². The summed E-state index contributed by atoms with van der Waals surface area (Å²) in [5.74, 6) is 1.32. The Hall–Kier alpha value is -3.23. The van der Waals surface area contributed by atoms with Crippen LogP contribution in [0.1, 0.15) is 16.8 Å². The van der Waals surface area contributed by atoms with Gasteiger partial charge in [-0.15, -0.1) is 21.5 Å². The molecule has 0 unspecified atom stereocenters. The van der Waals surface area contributed by atoms with Crippen molar-refractivity contribution in [3.8, 4) is 17.1 Å². The lowest BCUT2D eigenvalue weighted by atomic mass is 10.1. The predicted molar refractivity (Wildman–Crippen MR) is 125 cm³/mol. The standard InChI is InChI=1S/C23H19N5OS2/c1-15-6-8-19(9-7-15)28-21(17-5-3-4-16(2)12-17)25-26-23(28)31-14-18-13-20(29)27-10-11-30-22(27)24-18/h3-13H,14H2,1-2H3. The van der Waals surface area contributed by atoms with Gasteiger partial charge in [-0.3, -0.25) is 13.8 Å². The normalized spacial score (nSPS) is 11.3. The first kappa shape index (κ1) is 19.7. The highest BCUT2D eigenvalue weighted by atomic mass is 32.2. The van der Waals surface area contributed by atoms with Gasteiger partial charge in [0.15, 0.2) is 15.9 Å². The number of nitrogens with zero attached hydrogens (tertiary/aromatic N) is 5. The summed E-state index contributed by atoms with van der Waals surface area (Å²) in [6.07, 6.45) is 1.74. The summed E-state index contributed by atoms with van der Waals surface area (Å²) in [5, 5.41) is 11.6. The van der Waals surface area contributed by atoms with E-state index >= 15 is 0 Å². The third-order valence-corrected chi connectivity index (χ3v) is 6.63. The van der Waals surface area contributed by atoms with E-state index < -0.39 is 0 Å². The first-order chi connectivity index (χ1) is 15.1. The highest BCUT2D eigenvalue weighted by Crippen LogP contribution is 2.30. The van der Waals surface area contributed by atoms with Gasteiger partial charge in [0.2, 0.25) is 0 Å². The molecule has 0 aliphatic rings. The molecule has 3 aromatic heterocycles. The molecule has 0 bridgehead atoms. The summed E-state index contributed by atoms with van der Waals surface area (Å²) < 4.78 is 3.62. The average Bonchev–Trinajstić information content (AvgIpc) is 3.40. The molecule has 0 saturated heterocycles. The number of aromatic nitrogens is 5. The van der Waals surface area contributed by atoms with E-state index in [0.29, 0.717) is 10.7 Å². The van der Waals surface area contributed by atoms with Gasteiger partial charge in [0, 0.05) is 34.6 Å². The molecule has 0 spiro atoms. The number of benzene rings is 2. The molecule has 0 saturated carbocycles. The van der Waals surface area contributed by atoms with Crippen LogP contribution in [0.5, 0.6) is 0 Å². The molecule has 8 heteroatoms. The Morgan fingerprint density at radius 3 is 2.65 bits per heavy atom. The summed E-state index contributed by atoms with van der Waals surface area (Å²) in [5.41, 5.74) is 5.03. The second-order valence-corrected chi connectivity index (χ2v) is 9.09. The molecule has 0 fully saturated rings. The number of rotatable bonds is 5. The number of hydrogen-bond donors (Lipinski definition) is 0. The van der Waals surface area contributed by atoms with Crippen LogP contribution in [0.2, 0.25) is 0 Å². The smallest absolute Gasteiger partial charge is 0.258 e. The molecule has 0 N–H and O–H groups in total. The first-order valence-electron chi connectivity index (χ1n) is 9.76. The van der Waals surface area contributed by atoms with Crippen LogP contribution in [0.3, 0.4) is 0 Å². The lowest BCUT2D eigenvalue weighted by molar-refractivity contribution is 0.884. The molecule has 31 heavy (non-hydrogen) atoms. The maximum absolute atomic E-state index is 12.3. The van der Waals surface area contributed by atoms with Crippen molar-refractivity contribution in [2.24, 2.45) is 0 Å². The molecule has 154 valence electrons. The molecular weight excluding hydrogens is 426 g/mol. The van der Waals surface area contributed by atoms with Crippen molar-refractivity contribution in [2.45, 2.75) is 24.8 Å². The topological polar surface area (TPSA) is 65.1 Å². The Morgan fingerprint density at radius 1 is 1.00 bits per heavy atom. The first-order valence-corrected chi connectivity index (χ1v) is 11.6. The van der Waals surface area contributed by atoms with Crippen LogP contribution >= 0.6 is 23.1 Å². The summed E-state index contributed by atoms with van der Waals surface area (Å²) in [7, 11) is 0. The zero-order valence-corrected chi connectivity index (χ0v) is 18.7. The van der Waals surface area contributed by atoms with Crippen LogP contribution < -0.4 is 5.56 Å². The van der Waals surface area contributed by atoms with Gasteiger partial charge in [-0.25, -0.2) is 4.98 Å². The lowest BCUT2D eigenvalue weighted by Crippen LogP contribution is -2.12. The summed E-state index contributed by atoms with van der Waals surface area (Å²) >= 11 is 2.97. The largest absolute Gasteiger partial charge is 0.270 e. The van der Waals surface area contributed by atoms with Crippen molar-refractivity contribution in [3.63, 3.8) is 0 Å². The minimum absolute atomic E-state index is 0.0673. The fraction of sp³-hybridized carbons (Fsp3) is 0.130. The van der Waals surface area contributed by atoms with E-state index in [2.05, 4.69) is 70.0 Å². The molecule has 0 radical (unpaired) electrons.